The zero-order chi connectivity index (χ0) is 16.2. The predicted molar refractivity (Wildman–Crippen MR) is 103 cm³/mol. The smallest absolute Gasteiger partial charge is 0.338 e. The zero-order valence-corrected chi connectivity index (χ0v) is 16.3. The number of benzene rings is 1. The number of hydrogen-bond acceptors (Lipinski definition) is 4. The van der Waals surface area contributed by atoms with Gasteiger partial charge in [-0.3, -0.25) is 4.99 Å². The lowest BCUT2D eigenvalue weighted by Crippen LogP contribution is -2.38. The van der Waals surface area contributed by atoms with E-state index >= 15 is 0 Å². The molecule has 0 amide bonds. The van der Waals surface area contributed by atoms with Crippen molar-refractivity contribution in [1.82, 2.24) is 10.6 Å². The fourth-order valence-electron chi connectivity index (χ4n) is 1.77. The Morgan fingerprint density at radius 1 is 1.13 bits per heavy atom. The molecule has 0 fully saturated rings. The van der Waals surface area contributed by atoms with E-state index in [-0.39, 0.29) is 29.9 Å². The molecule has 0 heterocycles. The van der Waals surface area contributed by atoms with Crippen LogP contribution in [-0.4, -0.2) is 45.3 Å². The van der Waals surface area contributed by atoms with Gasteiger partial charge in [0.25, 0.3) is 0 Å². The molecule has 1 aromatic carbocycles. The number of carbonyl (C=O) groups excluding carboxylic acids is 1. The molecule has 0 radical (unpaired) electrons. The summed E-state index contributed by atoms with van der Waals surface area (Å²) in [6.07, 6.45) is 0. The molecule has 7 heteroatoms. The maximum atomic E-state index is 11.6. The van der Waals surface area contributed by atoms with Crippen LogP contribution in [0.2, 0.25) is 0 Å². The van der Waals surface area contributed by atoms with Crippen molar-refractivity contribution in [3.8, 4) is 0 Å². The van der Waals surface area contributed by atoms with Crippen molar-refractivity contribution in [3.63, 3.8) is 0 Å². The van der Waals surface area contributed by atoms with Gasteiger partial charge >= 0.3 is 5.97 Å². The first kappa shape index (κ1) is 21.6. The van der Waals surface area contributed by atoms with Crippen LogP contribution in [0.5, 0.6) is 0 Å². The minimum Gasteiger partial charge on any atom is -0.462 e. The largest absolute Gasteiger partial charge is 0.462 e. The molecular formula is C16H26IN3O3. The van der Waals surface area contributed by atoms with E-state index in [4.69, 9.17) is 9.47 Å². The third-order valence-corrected chi connectivity index (χ3v) is 2.89. The average Bonchev–Trinajstić information content (AvgIpc) is 2.55. The van der Waals surface area contributed by atoms with Gasteiger partial charge in [-0.2, -0.15) is 0 Å². The third kappa shape index (κ3) is 8.75. The first-order chi connectivity index (χ1) is 10.7. The standard InChI is InChI=1S/C16H25N3O3.HI/c1-4-21-11-10-18-16(17-3)19-12-13-6-8-14(9-7-13)15(20)22-5-2;/h6-9H,4-5,10-12H2,1-3H3,(H2,17,18,19);1H. The van der Waals surface area contributed by atoms with E-state index in [0.29, 0.717) is 44.4 Å². The Bertz CT molecular complexity index is 478. The van der Waals surface area contributed by atoms with Gasteiger partial charge in [-0.25, -0.2) is 4.79 Å². The Hall–Kier alpha value is -1.35. The number of rotatable bonds is 8. The molecule has 0 aromatic heterocycles. The van der Waals surface area contributed by atoms with Gasteiger partial charge in [0.1, 0.15) is 0 Å². The van der Waals surface area contributed by atoms with Crippen LogP contribution in [0.25, 0.3) is 0 Å². The number of ether oxygens (including phenoxy) is 2. The molecule has 0 aliphatic heterocycles. The summed E-state index contributed by atoms with van der Waals surface area (Å²) in [5, 5.41) is 6.36. The minimum atomic E-state index is -0.296. The maximum Gasteiger partial charge on any atom is 0.338 e. The number of halogens is 1. The number of carbonyl (C=O) groups is 1. The Morgan fingerprint density at radius 3 is 2.39 bits per heavy atom. The van der Waals surface area contributed by atoms with E-state index in [1.807, 2.05) is 19.1 Å². The number of guanidine groups is 1. The van der Waals surface area contributed by atoms with Crippen LogP contribution in [0.1, 0.15) is 29.8 Å². The highest BCUT2D eigenvalue weighted by atomic mass is 127. The van der Waals surface area contributed by atoms with Crippen molar-refractivity contribution in [2.75, 3.05) is 33.4 Å². The average molecular weight is 435 g/mol. The fraction of sp³-hybridized carbons (Fsp3) is 0.500. The lowest BCUT2D eigenvalue weighted by molar-refractivity contribution is 0.0526. The molecule has 0 aliphatic rings. The van der Waals surface area contributed by atoms with Gasteiger partial charge in [0, 0.05) is 26.7 Å². The molecule has 1 rings (SSSR count). The molecule has 0 aliphatic carbocycles. The molecule has 1 aromatic rings. The highest BCUT2D eigenvalue weighted by Crippen LogP contribution is 2.06. The summed E-state index contributed by atoms with van der Waals surface area (Å²) in [7, 11) is 1.72. The summed E-state index contributed by atoms with van der Waals surface area (Å²) in [4.78, 5) is 15.7. The Morgan fingerprint density at radius 2 is 1.83 bits per heavy atom. The van der Waals surface area contributed by atoms with Crippen molar-refractivity contribution < 1.29 is 14.3 Å². The van der Waals surface area contributed by atoms with Gasteiger partial charge < -0.3 is 20.1 Å². The first-order valence-corrected chi connectivity index (χ1v) is 7.49. The van der Waals surface area contributed by atoms with Crippen molar-refractivity contribution in [2.45, 2.75) is 20.4 Å². The zero-order valence-electron chi connectivity index (χ0n) is 13.9. The van der Waals surface area contributed by atoms with Crippen molar-refractivity contribution in [3.05, 3.63) is 35.4 Å². The van der Waals surface area contributed by atoms with Gasteiger partial charge in [-0.05, 0) is 31.5 Å². The van der Waals surface area contributed by atoms with Crippen LogP contribution in [0.15, 0.2) is 29.3 Å². The van der Waals surface area contributed by atoms with Crippen LogP contribution in [0, 0.1) is 0 Å². The molecule has 6 nitrogen and oxygen atoms in total. The van der Waals surface area contributed by atoms with Gasteiger partial charge in [-0.1, -0.05) is 12.1 Å². The first-order valence-electron chi connectivity index (χ1n) is 7.49. The Balaban J connectivity index is 0.00000484. The second kappa shape index (κ2) is 13.1. The van der Waals surface area contributed by atoms with E-state index < -0.39 is 0 Å². The van der Waals surface area contributed by atoms with E-state index in [2.05, 4.69) is 15.6 Å². The van der Waals surface area contributed by atoms with Gasteiger partial charge in [0.2, 0.25) is 0 Å². The fourth-order valence-corrected chi connectivity index (χ4v) is 1.77. The number of hydrogen-bond donors (Lipinski definition) is 2. The van der Waals surface area contributed by atoms with Crippen molar-refractivity contribution >= 4 is 35.9 Å². The summed E-state index contributed by atoms with van der Waals surface area (Å²) >= 11 is 0. The summed E-state index contributed by atoms with van der Waals surface area (Å²) < 4.78 is 10.2. The van der Waals surface area contributed by atoms with E-state index in [1.165, 1.54) is 0 Å². The van der Waals surface area contributed by atoms with Crippen LogP contribution in [0.3, 0.4) is 0 Å². The van der Waals surface area contributed by atoms with Gasteiger partial charge in [0.05, 0.1) is 18.8 Å². The van der Waals surface area contributed by atoms with Crippen LogP contribution >= 0.6 is 24.0 Å². The molecule has 0 saturated heterocycles. The second-order valence-corrected chi connectivity index (χ2v) is 4.47. The SMILES string of the molecule is CCOCCNC(=NC)NCc1ccc(C(=O)OCC)cc1.I. The van der Waals surface area contributed by atoms with Crippen LogP contribution in [-0.2, 0) is 16.0 Å². The van der Waals surface area contributed by atoms with Crippen LogP contribution in [0.4, 0.5) is 0 Å². The number of esters is 1. The molecule has 0 unspecified atom stereocenters. The molecule has 130 valence electrons. The topological polar surface area (TPSA) is 72.0 Å². The summed E-state index contributed by atoms with van der Waals surface area (Å²) in [5.41, 5.74) is 1.62. The Kier molecular flexibility index (Phi) is 12.4. The molecule has 0 spiro atoms. The van der Waals surface area contributed by atoms with Gasteiger partial charge in [0.15, 0.2) is 5.96 Å². The van der Waals surface area contributed by atoms with Crippen molar-refractivity contribution in [1.29, 1.82) is 0 Å². The maximum absolute atomic E-state index is 11.6. The van der Waals surface area contributed by atoms with E-state index in [9.17, 15) is 4.79 Å². The molecule has 0 atom stereocenters. The van der Waals surface area contributed by atoms with Crippen molar-refractivity contribution in [2.24, 2.45) is 4.99 Å². The monoisotopic (exact) mass is 435 g/mol. The summed E-state index contributed by atoms with van der Waals surface area (Å²) in [5.74, 6) is 0.421. The predicted octanol–water partition coefficient (Wildman–Crippen LogP) is 2.18. The lowest BCUT2D eigenvalue weighted by Gasteiger charge is -2.12. The number of nitrogens with zero attached hydrogens (tertiary/aromatic N) is 1. The normalized spacial score (nSPS) is 10.7. The van der Waals surface area contributed by atoms with Crippen LogP contribution < -0.4 is 10.6 Å². The lowest BCUT2D eigenvalue weighted by atomic mass is 10.1. The highest BCUT2D eigenvalue weighted by Gasteiger charge is 2.05. The molecular weight excluding hydrogens is 409 g/mol. The van der Waals surface area contributed by atoms with E-state index in [1.54, 1.807) is 26.1 Å². The van der Waals surface area contributed by atoms with E-state index in [0.717, 1.165) is 5.56 Å². The second-order valence-electron chi connectivity index (χ2n) is 4.47. The summed E-state index contributed by atoms with van der Waals surface area (Å²) in [6, 6.07) is 7.32. The van der Waals surface area contributed by atoms with Gasteiger partial charge in [-0.15, -0.1) is 24.0 Å². The number of nitrogens with one attached hydrogen (secondary N) is 2. The molecule has 0 saturated carbocycles. The number of aliphatic imine (C=N–C) groups is 1. The molecule has 23 heavy (non-hydrogen) atoms. The highest BCUT2D eigenvalue weighted by molar-refractivity contribution is 14.0. The molecule has 2 N–H and O–H groups in total. The minimum absolute atomic E-state index is 0. The quantitative estimate of drug-likeness (QED) is 0.215. The Labute approximate surface area is 155 Å². The summed E-state index contributed by atoms with van der Waals surface area (Å²) in [6.45, 7) is 6.82. The molecule has 0 bridgehead atoms. The third-order valence-electron chi connectivity index (χ3n) is 2.89.